The maximum Gasteiger partial charge on any atom is 0.256 e. The van der Waals surface area contributed by atoms with Crippen molar-refractivity contribution in [1.82, 2.24) is 14.6 Å². The largest absolute Gasteiger partial charge is 0.306 e. The molecule has 0 saturated heterocycles. The highest BCUT2D eigenvalue weighted by atomic mass is 35.5. The molecule has 5 nitrogen and oxygen atoms in total. The van der Waals surface area contributed by atoms with Crippen molar-refractivity contribution in [2.24, 2.45) is 0 Å². The number of nitrogens with one attached hydrogen (secondary N) is 1. The van der Waals surface area contributed by atoms with Crippen LogP contribution in [0, 0.1) is 0 Å². The lowest BCUT2D eigenvalue weighted by molar-refractivity contribution is 0.102. The molecule has 3 rings (SSSR count). The molecule has 1 amide bonds. The first-order valence-corrected chi connectivity index (χ1v) is 7.63. The van der Waals surface area contributed by atoms with Gasteiger partial charge in [0.1, 0.15) is 5.82 Å². The van der Waals surface area contributed by atoms with Crippen LogP contribution in [-0.4, -0.2) is 20.5 Å². The van der Waals surface area contributed by atoms with Crippen molar-refractivity contribution in [3.05, 3.63) is 59.0 Å². The van der Waals surface area contributed by atoms with Crippen molar-refractivity contribution in [1.29, 1.82) is 0 Å². The van der Waals surface area contributed by atoms with E-state index in [0.29, 0.717) is 16.4 Å². The van der Waals surface area contributed by atoms with Gasteiger partial charge in [0.25, 0.3) is 5.91 Å². The third-order valence-electron chi connectivity index (χ3n) is 3.62. The van der Waals surface area contributed by atoms with Gasteiger partial charge in [-0.05, 0) is 35.2 Å². The molecule has 0 radical (unpaired) electrons. The molecule has 3 heterocycles. The average Bonchev–Trinajstić information content (AvgIpc) is 2.89. The van der Waals surface area contributed by atoms with Gasteiger partial charge < -0.3 is 5.32 Å². The van der Waals surface area contributed by atoms with E-state index in [2.05, 4.69) is 36.2 Å². The first kappa shape index (κ1) is 15.5. The van der Waals surface area contributed by atoms with E-state index in [1.54, 1.807) is 35.2 Å². The van der Waals surface area contributed by atoms with Gasteiger partial charge in [0.2, 0.25) is 0 Å². The monoisotopic (exact) mass is 328 g/mol. The van der Waals surface area contributed by atoms with Gasteiger partial charge in [-0.3, -0.25) is 9.78 Å². The van der Waals surface area contributed by atoms with Crippen LogP contribution in [-0.2, 0) is 5.41 Å². The van der Waals surface area contributed by atoms with Crippen LogP contribution in [0.5, 0.6) is 0 Å². The second-order valence-corrected chi connectivity index (χ2v) is 6.77. The zero-order chi connectivity index (χ0) is 16.6. The van der Waals surface area contributed by atoms with Crippen LogP contribution in [0.1, 0.15) is 36.7 Å². The zero-order valence-electron chi connectivity index (χ0n) is 13.2. The lowest BCUT2D eigenvalue weighted by Crippen LogP contribution is -2.17. The minimum Gasteiger partial charge on any atom is -0.306 e. The number of carbonyl (C=O) groups excluding carboxylic acids is 1. The molecule has 118 valence electrons. The second kappa shape index (κ2) is 5.66. The standard InChI is InChI=1S/C17H17ClN4O/c1-17(2,3)12-8-14-13(18)10-20-22(14)15(9-12)21-16(23)11-4-6-19-7-5-11/h4-10H,1-3H3,(H,21,23). The first-order valence-electron chi connectivity index (χ1n) is 7.25. The quantitative estimate of drug-likeness (QED) is 0.775. The highest BCUT2D eigenvalue weighted by molar-refractivity contribution is 6.33. The zero-order valence-corrected chi connectivity index (χ0v) is 13.9. The van der Waals surface area contributed by atoms with Crippen LogP contribution >= 0.6 is 11.6 Å². The Bertz CT molecular complexity index is 865. The Balaban J connectivity index is 2.07. The molecular formula is C17H17ClN4O. The summed E-state index contributed by atoms with van der Waals surface area (Å²) in [5, 5.41) is 7.70. The molecule has 1 N–H and O–H groups in total. The molecule has 0 aliphatic rings. The Morgan fingerprint density at radius 2 is 1.91 bits per heavy atom. The lowest BCUT2D eigenvalue weighted by atomic mass is 9.87. The van der Waals surface area contributed by atoms with Gasteiger partial charge in [-0.2, -0.15) is 5.10 Å². The van der Waals surface area contributed by atoms with Gasteiger partial charge in [0.15, 0.2) is 0 Å². The fourth-order valence-corrected chi connectivity index (χ4v) is 2.45. The first-order chi connectivity index (χ1) is 10.9. The van der Waals surface area contributed by atoms with Crippen molar-refractivity contribution < 1.29 is 4.79 Å². The average molecular weight is 329 g/mol. The SMILES string of the molecule is CC(C)(C)c1cc(NC(=O)c2ccncc2)n2ncc(Cl)c2c1. The molecule has 0 saturated carbocycles. The summed E-state index contributed by atoms with van der Waals surface area (Å²) in [6, 6.07) is 7.25. The van der Waals surface area contributed by atoms with E-state index in [4.69, 9.17) is 11.6 Å². The molecule has 0 unspecified atom stereocenters. The highest BCUT2D eigenvalue weighted by Crippen LogP contribution is 2.29. The molecule has 0 aliphatic carbocycles. The molecule has 0 atom stereocenters. The number of nitrogens with zero attached hydrogens (tertiary/aromatic N) is 3. The minimum absolute atomic E-state index is 0.0779. The fourth-order valence-electron chi connectivity index (χ4n) is 2.27. The Morgan fingerprint density at radius 1 is 1.22 bits per heavy atom. The van der Waals surface area contributed by atoms with E-state index in [1.807, 2.05) is 12.1 Å². The number of anilines is 1. The summed E-state index contributed by atoms with van der Waals surface area (Å²) in [6.45, 7) is 6.33. The summed E-state index contributed by atoms with van der Waals surface area (Å²) in [5.41, 5.74) is 2.29. The van der Waals surface area contributed by atoms with Crippen molar-refractivity contribution in [2.75, 3.05) is 5.32 Å². The van der Waals surface area contributed by atoms with E-state index < -0.39 is 0 Å². The molecular weight excluding hydrogens is 312 g/mol. The number of hydrogen-bond donors (Lipinski definition) is 1. The van der Waals surface area contributed by atoms with Crippen molar-refractivity contribution >= 4 is 28.8 Å². The number of aromatic nitrogens is 3. The van der Waals surface area contributed by atoms with Gasteiger partial charge in [0, 0.05) is 18.0 Å². The molecule has 0 spiro atoms. The van der Waals surface area contributed by atoms with Crippen LogP contribution in [0.2, 0.25) is 5.02 Å². The Kier molecular flexibility index (Phi) is 3.82. The Labute approximate surface area is 139 Å². The summed E-state index contributed by atoms with van der Waals surface area (Å²) in [6.07, 6.45) is 4.74. The van der Waals surface area contributed by atoms with Crippen LogP contribution in [0.3, 0.4) is 0 Å². The number of fused-ring (bicyclic) bond motifs is 1. The summed E-state index contributed by atoms with van der Waals surface area (Å²) < 4.78 is 1.64. The van der Waals surface area contributed by atoms with Crippen LogP contribution in [0.15, 0.2) is 42.9 Å². The van der Waals surface area contributed by atoms with E-state index >= 15 is 0 Å². The molecule has 3 aromatic rings. The summed E-state index contributed by atoms with van der Waals surface area (Å²) >= 11 is 6.22. The van der Waals surface area contributed by atoms with Crippen molar-refractivity contribution in [3.8, 4) is 0 Å². The predicted molar refractivity (Wildman–Crippen MR) is 91.1 cm³/mol. The third-order valence-corrected chi connectivity index (χ3v) is 3.91. The molecule has 0 fully saturated rings. The van der Waals surface area contributed by atoms with E-state index in [9.17, 15) is 4.79 Å². The summed E-state index contributed by atoms with van der Waals surface area (Å²) in [7, 11) is 0. The highest BCUT2D eigenvalue weighted by Gasteiger charge is 2.19. The van der Waals surface area contributed by atoms with Gasteiger partial charge in [-0.1, -0.05) is 32.4 Å². The molecule has 0 aromatic carbocycles. The number of rotatable bonds is 2. The van der Waals surface area contributed by atoms with E-state index in [0.717, 1.165) is 11.1 Å². The molecule has 0 bridgehead atoms. The molecule has 6 heteroatoms. The topological polar surface area (TPSA) is 59.3 Å². The third kappa shape index (κ3) is 3.05. The summed E-state index contributed by atoms with van der Waals surface area (Å²) in [5.74, 6) is 0.368. The van der Waals surface area contributed by atoms with E-state index in [-0.39, 0.29) is 11.3 Å². The Hall–Kier alpha value is -2.40. The molecule has 0 aliphatic heterocycles. The lowest BCUT2D eigenvalue weighted by Gasteiger charge is -2.21. The number of pyridine rings is 2. The normalized spacial score (nSPS) is 11.7. The smallest absolute Gasteiger partial charge is 0.256 e. The maximum atomic E-state index is 12.4. The van der Waals surface area contributed by atoms with Crippen molar-refractivity contribution in [3.63, 3.8) is 0 Å². The molecule has 23 heavy (non-hydrogen) atoms. The van der Waals surface area contributed by atoms with Gasteiger partial charge >= 0.3 is 0 Å². The second-order valence-electron chi connectivity index (χ2n) is 6.36. The maximum absolute atomic E-state index is 12.4. The summed E-state index contributed by atoms with van der Waals surface area (Å²) in [4.78, 5) is 16.3. The van der Waals surface area contributed by atoms with Gasteiger partial charge in [0.05, 0.1) is 16.7 Å². The fraction of sp³-hybridized carbons (Fsp3) is 0.235. The van der Waals surface area contributed by atoms with Crippen LogP contribution in [0.4, 0.5) is 5.82 Å². The minimum atomic E-state index is -0.216. The number of halogens is 1. The number of hydrogen-bond acceptors (Lipinski definition) is 3. The molecule has 3 aromatic heterocycles. The predicted octanol–water partition coefficient (Wildman–Crippen LogP) is 3.93. The van der Waals surface area contributed by atoms with Crippen LogP contribution in [0.25, 0.3) is 5.52 Å². The Morgan fingerprint density at radius 3 is 2.57 bits per heavy atom. The van der Waals surface area contributed by atoms with Gasteiger partial charge in [-0.15, -0.1) is 0 Å². The van der Waals surface area contributed by atoms with Crippen molar-refractivity contribution in [2.45, 2.75) is 26.2 Å². The van der Waals surface area contributed by atoms with Gasteiger partial charge in [-0.25, -0.2) is 4.52 Å². The van der Waals surface area contributed by atoms with Crippen LogP contribution < -0.4 is 5.32 Å². The number of amides is 1. The number of carbonyl (C=O) groups is 1. The van der Waals surface area contributed by atoms with E-state index in [1.165, 1.54) is 0 Å².